The van der Waals surface area contributed by atoms with Crippen molar-refractivity contribution in [2.24, 2.45) is 7.05 Å². The molecule has 0 radical (unpaired) electrons. The zero-order chi connectivity index (χ0) is 17.3. The molecule has 1 aromatic carbocycles. The maximum atomic E-state index is 13.8. The van der Waals surface area contributed by atoms with E-state index in [-0.39, 0.29) is 12.5 Å². The highest BCUT2D eigenvalue weighted by Gasteiger charge is 2.16. The first-order valence-corrected chi connectivity index (χ1v) is 8.36. The van der Waals surface area contributed by atoms with Crippen molar-refractivity contribution in [3.63, 3.8) is 0 Å². The first kappa shape index (κ1) is 16.9. The van der Waals surface area contributed by atoms with Crippen molar-refractivity contribution in [2.45, 2.75) is 6.54 Å². The molecular weight excluding hydrogens is 448 g/mol. The largest absolute Gasteiger partial charge is 0.304 e. The molecule has 3 aromatic rings. The summed E-state index contributed by atoms with van der Waals surface area (Å²) in [5.74, 6) is -0.394. The minimum absolute atomic E-state index is 0.169. The number of anilines is 1. The van der Waals surface area contributed by atoms with Crippen molar-refractivity contribution in [3.05, 3.63) is 62.3 Å². The molecular formula is C15H12ClFIN5O. The zero-order valence-corrected chi connectivity index (χ0v) is 15.4. The van der Waals surface area contributed by atoms with Gasteiger partial charge in [-0.3, -0.25) is 14.2 Å². The number of carbonyl (C=O) groups is 1. The van der Waals surface area contributed by atoms with Gasteiger partial charge in [-0.15, -0.1) is 0 Å². The summed E-state index contributed by atoms with van der Waals surface area (Å²) in [7, 11) is 1.74. The maximum Gasteiger partial charge on any atom is 0.278 e. The minimum atomic E-state index is -0.397. The predicted octanol–water partition coefficient (Wildman–Crippen LogP) is 3.31. The standard InChI is InChI=1S/C15H12ClFIN5O/c1-22-8-12(18)14(21-22)15(24)19-13-5-6-23(20-13)7-9-10(16)3-2-4-11(9)17/h2-6,8H,7H2,1H3,(H,19,20,24). The molecule has 6 nitrogen and oxygen atoms in total. The molecule has 3 rings (SSSR count). The van der Waals surface area contributed by atoms with Crippen molar-refractivity contribution in [2.75, 3.05) is 5.32 Å². The van der Waals surface area contributed by atoms with Gasteiger partial charge in [0.2, 0.25) is 0 Å². The van der Waals surface area contributed by atoms with Crippen molar-refractivity contribution < 1.29 is 9.18 Å². The van der Waals surface area contributed by atoms with Crippen LogP contribution in [0.2, 0.25) is 5.02 Å². The van der Waals surface area contributed by atoms with Gasteiger partial charge in [-0.05, 0) is 34.7 Å². The molecule has 0 aliphatic heterocycles. The molecule has 0 bridgehead atoms. The van der Waals surface area contributed by atoms with E-state index < -0.39 is 5.82 Å². The number of hydrogen-bond donors (Lipinski definition) is 1. The maximum absolute atomic E-state index is 13.8. The van der Waals surface area contributed by atoms with Crippen LogP contribution in [0, 0.1) is 9.39 Å². The van der Waals surface area contributed by atoms with Gasteiger partial charge < -0.3 is 5.32 Å². The quantitative estimate of drug-likeness (QED) is 0.609. The van der Waals surface area contributed by atoms with Gasteiger partial charge >= 0.3 is 0 Å². The number of nitrogens with zero attached hydrogens (tertiary/aromatic N) is 4. The van der Waals surface area contributed by atoms with Gasteiger partial charge in [0.25, 0.3) is 5.91 Å². The van der Waals surface area contributed by atoms with Crippen LogP contribution < -0.4 is 5.32 Å². The van der Waals surface area contributed by atoms with Crippen molar-refractivity contribution in [1.82, 2.24) is 19.6 Å². The molecule has 0 saturated carbocycles. The Hall–Kier alpha value is -1.94. The lowest BCUT2D eigenvalue weighted by atomic mass is 10.2. The third kappa shape index (κ3) is 3.59. The monoisotopic (exact) mass is 459 g/mol. The zero-order valence-electron chi connectivity index (χ0n) is 12.5. The number of hydrogen-bond acceptors (Lipinski definition) is 3. The normalized spacial score (nSPS) is 10.8. The molecule has 0 spiro atoms. The van der Waals surface area contributed by atoms with E-state index in [9.17, 15) is 9.18 Å². The van der Waals surface area contributed by atoms with E-state index >= 15 is 0 Å². The summed E-state index contributed by atoms with van der Waals surface area (Å²) >= 11 is 8.05. The summed E-state index contributed by atoms with van der Waals surface area (Å²) in [6.07, 6.45) is 3.38. The van der Waals surface area contributed by atoms with Crippen LogP contribution in [-0.4, -0.2) is 25.5 Å². The van der Waals surface area contributed by atoms with E-state index in [0.717, 1.165) is 3.57 Å². The molecule has 0 atom stereocenters. The van der Waals surface area contributed by atoms with E-state index in [0.29, 0.717) is 22.1 Å². The second-order valence-corrected chi connectivity index (χ2v) is 6.62. The van der Waals surface area contributed by atoms with Crippen LogP contribution in [0.15, 0.2) is 36.7 Å². The summed E-state index contributed by atoms with van der Waals surface area (Å²) in [5, 5.41) is 11.3. The Morgan fingerprint density at radius 2 is 2.17 bits per heavy atom. The third-order valence-corrected chi connectivity index (χ3v) is 4.41. The van der Waals surface area contributed by atoms with Crippen LogP contribution in [0.1, 0.15) is 16.1 Å². The van der Waals surface area contributed by atoms with Crippen LogP contribution >= 0.6 is 34.2 Å². The lowest BCUT2D eigenvalue weighted by molar-refractivity contribution is 0.102. The number of amides is 1. The minimum Gasteiger partial charge on any atom is -0.304 e. The molecule has 2 aromatic heterocycles. The average Bonchev–Trinajstić information content (AvgIpc) is 3.09. The lowest BCUT2D eigenvalue weighted by Crippen LogP contribution is -2.15. The van der Waals surface area contributed by atoms with Gasteiger partial charge in [0.15, 0.2) is 11.5 Å². The van der Waals surface area contributed by atoms with E-state index in [1.54, 1.807) is 42.3 Å². The van der Waals surface area contributed by atoms with Crippen molar-refractivity contribution in [1.29, 1.82) is 0 Å². The number of aryl methyl sites for hydroxylation is 1. The number of benzene rings is 1. The topological polar surface area (TPSA) is 64.7 Å². The molecule has 1 amide bonds. The van der Waals surface area contributed by atoms with Gasteiger partial charge in [-0.25, -0.2) is 4.39 Å². The molecule has 0 fully saturated rings. The van der Waals surface area contributed by atoms with E-state index in [1.165, 1.54) is 10.7 Å². The summed E-state index contributed by atoms with van der Waals surface area (Å²) in [5.41, 5.74) is 0.671. The number of aromatic nitrogens is 4. The number of rotatable bonds is 4. The van der Waals surface area contributed by atoms with E-state index in [1.807, 2.05) is 22.6 Å². The van der Waals surface area contributed by atoms with Crippen LogP contribution in [0.3, 0.4) is 0 Å². The molecule has 0 saturated heterocycles. The van der Waals surface area contributed by atoms with Gasteiger partial charge in [0.1, 0.15) is 5.82 Å². The second kappa shape index (κ2) is 6.89. The SMILES string of the molecule is Cn1cc(I)c(C(=O)Nc2ccn(Cc3c(F)cccc3Cl)n2)n1. The fourth-order valence-corrected chi connectivity index (χ4v) is 3.13. The molecule has 1 N–H and O–H groups in total. The van der Waals surface area contributed by atoms with Gasteiger partial charge in [0, 0.05) is 36.1 Å². The Kier molecular flexibility index (Phi) is 4.86. The average molecular weight is 460 g/mol. The van der Waals surface area contributed by atoms with E-state index in [4.69, 9.17) is 11.6 Å². The van der Waals surface area contributed by atoms with Crippen LogP contribution in [0.25, 0.3) is 0 Å². The third-order valence-electron chi connectivity index (χ3n) is 3.26. The van der Waals surface area contributed by atoms with Crippen LogP contribution in [0.5, 0.6) is 0 Å². The first-order valence-electron chi connectivity index (χ1n) is 6.91. The van der Waals surface area contributed by atoms with Crippen molar-refractivity contribution in [3.8, 4) is 0 Å². The van der Waals surface area contributed by atoms with Crippen molar-refractivity contribution >= 4 is 45.9 Å². The molecule has 2 heterocycles. The Morgan fingerprint density at radius 1 is 1.38 bits per heavy atom. The summed E-state index contributed by atoms with van der Waals surface area (Å²) in [4.78, 5) is 12.2. The first-order chi connectivity index (χ1) is 11.4. The molecule has 124 valence electrons. The van der Waals surface area contributed by atoms with Gasteiger partial charge in [-0.2, -0.15) is 10.2 Å². The Bertz CT molecular complexity index is 887. The highest BCUT2D eigenvalue weighted by molar-refractivity contribution is 14.1. The number of nitrogens with one attached hydrogen (secondary N) is 1. The Labute approximate surface area is 155 Å². The fraction of sp³-hybridized carbons (Fsp3) is 0.133. The number of carbonyl (C=O) groups excluding carboxylic acids is 1. The van der Waals surface area contributed by atoms with Crippen LogP contribution in [0.4, 0.5) is 10.2 Å². The number of halogens is 3. The van der Waals surface area contributed by atoms with Gasteiger partial charge in [-0.1, -0.05) is 17.7 Å². The smallest absolute Gasteiger partial charge is 0.278 e. The molecule has 0 aliphatic carbocycles. The summed E-state index contributed by atoms with van der Waals surface area (Å²) in [6.45, 7) is 0.169. The molecule has 24 heavy (non-hydrogen) atoms. The molecule has 9 heteroatoms. The summed E-state index contributed by atoms with van der Waals surface area (Å²) < 4.78 is 17.6. The van der Waals surface area contributed by atoms with E-state index in [2.05, 4.69) is 15.5 Å². The fourth-order valence-electron chi connectivity index (χ4n) is 2.15. The van der Waals surface area contributed by atoms with Gasteiger partial charge in [0.05, 0.1) is 10.1 Å². The molecule has 0 aliphatic rings. The highest BCUT2D eigenvalue weighted by Crippen LogP contribution is 2.20. The van der Waals surface area contributed by atoms with Crippen LogP contribution in [-0.2, 0) is 13.6 Å². The predicted molar refractivity (Wildman–Crippen MR) is 96.6 cm³/mol. The Balaban J connectivity index is 1.74. The Morgan fingerprint density at radius 3 is 2.83 bits per heavy atom. The second-order valence-electron chi connectivity index (χ2n) is 5.05. The summed E-state index contributed by atoms with van der Waals surface area (Å²) in [6, 6.07) is 6.14. The lowest BCUT2D eigenvalue weighted by Gasteiger charge is -2.06. The highest BCUT2D eigenvalue weighted by atomic mass is 127. The molecule has 0 unspecified atom stereocenters.